The number of benzene rings is 1. The van der Waals surface area contributed by atoms with E-state index in [1.54, 1.807) is 6.07 Å². The summed E-state index contributed by atoms with van der Waals surface area (Å²) in [4.78, 5) is 0. The van der Waals surface area contributed by atoms with Crippen molar-refractivity contribution >= 4 is 0 Å². The average molecular weight is 238 g/mol. The molecule has 4 heteroatoms. The van der Waals surface area contributed by atoms with Gasteiger partial charge in [-0.1, -0.05) is 20.8 Å². The number of nitrogens with one attached hydrogen (secondary N) is 1. The Kier molecular flexibility index (Phi) is 4.19. The Morgan fingerprint density at radius 1 is 1.24 bits per heavy atom. The molecule has 0 fully saturated rings. The van der Waals surface area contributed by atoms with Crippen molar-refractivity contribution in [3.8, 4) is 6.07 Å². The summed E-state index contributed by atoms with van der Waals surface area (Å²) in [6.45, 7) is 6.88. The third-order valence-corrected chi connectivity index (χ3v) is 2.23. The summed E-state index contributed by atoms with van der Waals surface area (Å²) in [5, 5.41) is 11.6. The van der Waals surface area contributed by atoms with Crippen molar-refractivity contribution in [2.24, 2.45) is 5.41 Å². The van der Waals surface area contributed by atoms with Crippen LogP contribution in [-0.4, -0.2) is 6.54 Å². The molecule has 0 bridgehead atoms. The summed E-state index contributed by atoms with van der Waals surface area (Å²) in [6.07, 6.45) is 0. The molecule has 1 aromatic rings. The average Bonchev–Trinajstić information content (AvgIpc) is 2.20. The monoisotopic (exact) mass is 238 g/mol. The van der Waals surface area contributed by atoms with E-state index in [2.05, 4.69) is 5.32 Å². The smallest absolute Gasteiger partial charge is 0.131 e. The maximum absolute atomic E-state index is 13.5. The van der Waals surface area contributed by atoms with Gasteiger partial charge in [-0.15, -0.1) is 0 Å². The van der Waals surface area contributed by atoms with Gasteiger partial charge in [-0.25, -0.2) is 8.78 Å². The van der Waals surface area contributed by atoms with Gasteiger partial charge in [-0.2, -0.15) is 5.26 Å². The molecular formula is C13H16F2N2. The fourth-order valence-electron chi connectivity index (χ4n) is 1.40. The lowest BCUT2D eigenvalue weighted by atomic mass is 9.97. The Balaban J connectivity index is 2.76. The van der Waals surface area contributed by atoms with E-state index in [1.807, 2.05) is 20.8 Å². The minimum Gasteiger partial charge on any atom is -0.312 e. The molecule has 0 atom stereocenters. The second-order valence-corrected chi connectivity index (χ2v) is 5.19. The first kappa shape index (κ1) is 13.6. The Bertz CT molecular complexity index is 419. The predicted molar refractivity (Wildman–Crippen MR) is 62.2 cm³/mol. The molecule has 0 aliphatic rings. The first-order valence-electron chi connectivity index (χ1n) is 5.42. The number of nitrogens with zero attached hydrogens (tertiary/aromatic N) is 1. The Morgan fingerprint density at radius 2 is 1.76 bits per heavy atom. The number of halogens is 2. The van der Waals surface area contributed by atoms with E-state index in [4.69, 9.17) is 5.26 Å². The van der Waals surface area contributed by atoms with E-state index in [0.717, 1.165) is 12.1 Å². The number of nitriles is 1. The van der Waals surface area contributed by atoms with Crippen molar-refractivity contribution in [3.05, 3.63) is 34.9 Å². The third kappa shape index (κ3) is 4.12. The number of hydrogen-bond acceptors (Lipinski definition) is 2. The zero-order chi connectivity index (χ0) is 13.1. The van der Waals surface area contributed by atoms with E-state index >= 15 is 0 Å². The van der Waals surface area contributed by atoms with Crippen LogP contribution in [0.4, 0.5) is 8.78 Å². The highest BCUT2D eigenvalue weighted by atomic mass is 19.1. The largest absolute Gasteiger partial charge is 0.312 e. The van der Waals surface area contributed by atoms with Gasteiger partial charge in [0, 0.05) is 18.7 Å². The molecule has 17 heavy (non-hydrogen) atoms. The van der Waals surface area contributed by atoms with Gasteiger partial charge in [0.15, 0.2) is 0 Å². The second kappa shape index (κ2) is 5.24. The molecule has 0 saturated carbocycles. The highest BCUT2D eigenvalue weighted by Crippen LogP contribution is 2.16. The van der Waals surface area contributed by atoms with Gasteiger partial charge in [0.05, 0.1) is 11.6 Å². The van der Waals surface area contributed by atoms with Gasteiger partial charge in [-0.3, -0.25) is 0 Å². The summed E-state index contributed by atoms with van der Waals surface area (Å²) in [6, 6.07) is 3.82. The molecule has 0 aromatic heterocycles. The van der Waals surface area contributed by atoms with E-state index in [1.165, 1.54) is 0 Å². The van der Waals surface area contributed by atoms with Crippen LogP contribution >= 0.6 is 0 Å². The van der Waals surface area contributed by atoms with Crippen molar-refractivity contribution in [1.29, 1.82) is 5.26 Å². The van der Waals surface area contributed by atoms with Crippen molar-refractivity contribution in [3.63, 3.8) is 0 Å². The molecule has 2 nitrogen and oxygen atoms in total. The molecule has 1 rings (SSSR count). The third-order valence-electron chi connectivity index (χ3n) is 2.23. The fraction of sp³-hybridized carbons (Fsp3) is 0.462. The van der Waals surface area contributed by atoms with Crippen molar-refractivity contribution in [1.82, 2.24) is 5.32 Å². The van der Waals surface area contributed by atoms with E-state index < -0.39 is 11.6 Å². The van der Waals surface area contributed by atoms with Crippen LogP contribution in [0.3, 0.4) is 0 Å². The lowest BCUT2D eigenvalue weighted by Crippen LogP contribution is -2.27. The van der Waals surface area contributed by atoms with Crippen molar-refractivity contribution in [2.75, 3.05) is 6.54 Å². The maximum atomic E-state index is 13.5. The molecule has 0 spiro atoms. The molecule has 0 heterocycles. The Hall–Kier alpha value is -1.47. The first-order valence-corrected chi connectivity index (χ1v) is 5.42. The van der Waals surface area contributed by atoms with Crippen LogP contribution < -0.4 is 5.32 Å². The normalized spacial score (nSPS) is 11.3. The molecule has 0 aliphatic carbocycles. The SMILES string of the molecule is CC(C)(C)CNCc1c(F)cc(C#N)cc1F. The molecule has 92 valence electrons. The van der Waals surface area contributed by atoms with E-state index in [-0.39, 0.29) is 23.1 Å². The highest BCUT2D eigenvalue weighted by Gasteiger charge is 2.13. The second-order valence-electron chi connectivity index (χ2n) is 5.19. The van der Waals surface area contributed by atoms with Gasteiger partial charge >= 0.3 is 0 Å². The molecule has 0 radical (unpaired) electrons. The minimum absolute atomic E-state index is 0.000397. The Labute approximate surface area is 100 Å². The lowest BCUT2D eigenvalue weighted by molar-refractivity contribution is 0.375. The van der Waals surface area contributed by atoms with Gasteiger partial charge < -0.3 is 5.32 Å². The van der Waals surface area contributed by atoms with Crippen LogP contribution in [0, 0.1) is 28.4 Å². The van der Waals surface area contributed by atoms with Crippen LogP contribution in [0.5, 0.6) is 0 Å². The quantitative estimate of drug-likeness (QED) is 0.878. The Morgan fingerprint density at radius 3 is 2.18 bits per heavy atom. The van der Waals surface area contributed by atoms with Gasteiger partial charge in [-0.05, 0) is 17.5 Å². The lowest BCUT2D eigenvalue weighted by Gasteiger charge is -2.19. The standard InChI is InChI=1S/C13H16F2N2/c1-13(2,3)8-17-7-10-11(14)4-9(6-16)5-12(10)15/h4-5,17H,7-8H2,1-3H3. The fourth-order valence-corrected chi connectivity index (χ4v) is 1.40. The summed E-state index contributed by atoms with van der Waals surface area (Å²) in [5.41, 5.74) is 0.0346. The van der Waals surface area contributed by atoms with Crippen LogP contribution in [-0.2, 0) is 6.54 Å². The van der Waals surface area contributed by atoms with Crippen LogP contribution in [0.15, 0.2) is 12.1 Å². The maximum Gasteiger partial charge on any atom is 0.131 e. The zero-order valence-corrected chi connectivity index (χ0v) is 10.3. The van der Waals surface area contributed by atoms with Crippen LogP contribution in [0.2, 0.25) is 0 Å². The van der Waals surface area contributed by atoms with Crippen LogP contribution in [0.25, 0.3) is 0 Å². The number of rotatable bonds is 3. The molecule has 1 aromatic carbocycles. The summed E-state index contributed by atoms with van der Waals surface area (Å²) in [7, 11) is 0. The molecule has 0 saturated heterocycles. The van der Waals surface area contributed by atoms with E-state index in [9.17, 15) is 8.78 Å². The van der Waals surface area contributed by atoms with Gasteiger partial charge in [0.2, 0.25) is 0 Å². The van der Waals surface area contributed by atoms with Crippen molar-refractivity contribution < 1.29 is 8.78 Å². The molecular weight excluding hydrogens is 222 g/mol. The molecule has 0 amide bonds. The summed E-state index contributed by atoms with van der Waals surface area (Å²) in [5.74, 6) is -1.36. The highest BCUT2D eigenvalue weighted by molar-refractivity contribution is 5.34. The summed E-state index contributed by atoms with van der Waals surface area (Å²) >= 11 is 0. The molecule has 1 N–H and O–H groups in total. The summed E-state index contributed by atoms with van der Waals surface area (Å²) < 4.78 is 27.0. The van der Waals surface area contributed by atoms with Crippen LogP contribution in [0.1, 0.15) is 31.9 Å². The van der Waals surface area contributed by atoms with Crippen molar-refractivity contribution in [2.45, 2.75) is 27.3 Å². The van der Waals surface area contributed by atoms with Gasteiger partial charge in [0.25, 0.3) is 0 Å². The minimum atomic E-state index is -0.678. The number of hydrogen-bond donors (Lipinski definition) is 1. The molecule has 0 unspecified atom stereocenters. The topological polar surface area (TPSA) is 35.8 Å². The van der Waals surface area contributed by atoms with Gasteiger partial charge in [0.1, 0.15) is 11.6 Å². The zero-order valence-electron chi connectivity index (χ0n) is 10.3. The molecule has 0 aliphatic heterocycles. The predicted octanol–water partition coefficient (Wildman–Crippen LogP) is 2.97. The first-order chi connectivity index (χ1) is 7.83. The van der Waals surface area contributed by atoms with E-state index in [0.29, 0.717) is 6.54 Å².